The van der Waals surface area contributed by atoms with E-state index < -0.39 is 17.9 Å². The van der Waals surface area contributed by atoms with Crippen LogP contribution in [0.2, 0.25) is 0 Å². The molecular formula is C19H26N2O4. The third-order valence-corrected chi connectivity index (χ3v) is 4.70. The van der Waals surface area contributed by atoms with Gasteiger partial charge < -0.3 is 15.3 Å². The monoisotopic (exact) mass is 346 g/mol. The van der Waals surface area contributed by atoms with Crippen LogP contribution in [0.15, 0.2) is 30.3 Å². The Hall–Kier alpha value is -2.37. The SMILES string of the molecule is CC(C)C(NC(=O)Cc1ccccc1)C(=O)N1C[C@@H](C)[C@H](C(=O)O)C1. The third-order valence-electron chi connectivity index (χ3n) is 4.70. The fourth-order valence-electron chi connectivity index (χ4n) is 3.18. The van der Waals surface area contributed by atoms with Crippen LogP contribution >= 0.6 is 0 Å². The Balaban J connectivity index is 2.01. The van der Waals surface area contributed by atoms with E-state index in [1.807, 2.05) is 51.1 Å². The molecule has 1 unspecified atom stereocenters. The predicted octanol–water partition coefficient (Wildman–Crippen LogP) is 1.55. The van der Waals surface area contributed by atoms with Gasteiger partial charge in [-0.1, -0.05) is 51.1 Å². The maximum atomic E-state index is 12.8. The van der Waals surface area contributed by atoms with Crippen LogP contribution in [-0.2, 0) is 20.8 Å². The van der Waals surface area contributed by atoms with Crippen LogP contribution in [-0.4, -0.2) is 46.9 Å². The minimum absolute atomic E-state index is 0.0774. The quantitative estimate of drug-likeness (QED) is 0.818. The Labute approximate surface area is 148 Å². The molecule has 1 aromatic rings. The van der Waals surface area contributed by atoms with Gasteiger partial charge in [-0.05, 0) is 17.4 Å². The number of hydrogen-bond donors (Lipinski definition) is 2. The summed E-state index contributed by atoms with van der Waals surface area (Å²) in [4.78, 5) is 37.9. The molecule has 3 atom stereocenters. The predicted molar refractivity (Wildman–Crippen MR) is 93.8 cm³/mol. The number of carboxylic acid groups (broad SMARTS) is 1. The first-order chi connectivity index (χ1) is 11.8. The van der Waals surface area contributed by atoms with Gasteiger partial charge >= 0.3 is 5.97 Å². The van der Waals surface area contributed by atoms with E-state index in [-0.39, 0.29) is 36.6 Å². The van der Waals surface area contributed by atoms with Gasteiger partial charge in [0.25, 0.3) is 0 Å². The van der Waals surface area contributed by atoms with Crippen LogP contribution in [0.1, 0.15) is 26.3 Å². The van der Waals surface area contributed by atoms with E-state index in [1.165, 1.54) is 0 Å². The number of nitrogens with zero attached hydrogens (tertiary/aromatic N) is 1. The van der Waals surface area contributed by atoms with Gasteiger partial charge in [0.15, 0.2) is 0 Å². The van der Waals surface area contributed by atoms with Crippen molar-refractivity contribution in [3.63, 3.8) is 0 Å². The van der Waals surface area contributed by atoms with Crippen molar-refractivity contribution in [2.24, 2.45) is 17.8 Å². The lowest BCUT2D eigenvalue weighted by Gasteiger charge is -2.27. The summed E-state index contributed by atoms with van der Waals surface area (Å²) >= 11 is 0. The summed E-state index contributed by atoms with van der Waals surface area (Å²) < 4.78 is 0. The first-order valence-corrected chi connectivity index (χ1v) is 8.64. The van der Waals surface area contributed by atoms with Crippen molar-refractivity contribution in [1.29, 1.82) is 0 Å². The average Bonchev–Trinajstić information content (AvgIpc) is 2.95. The molecule has 6 heteroatoms. The molecule has 2 rings (SSSR count). The van der Waals surface area contributed by atoms with E-state index in [4.69, 9.17) is 0 Å². The van der Waals surface area contributed by atoms with Crippen molar-refractivity contribution in [2.75, 3.05) is 13.1 Å². The molecule has 1 aliphatic rings. The topological polar surface area (TPSA) is 86.7 Å². The largest absolute Gasteiger partial charge is 0.481 e. The Morgan fingerprint density at radius 3 is 2.36 bits per heavy atom. The number of nitrogens with one attached hydrogen (secondary N) is 1. The second-order valence-corrected chi connectivity index (χ2v) is 7.12. The van der Waals surface area contributed by atoms with Gasteiger partial charge in [0, 0.05) is 13.1 Å². The Morgan fingerprint density at radius 2 is 1.84 bits per heavy atom. The molecule has 0 bridgehead atoms. The van der Waals surface area contributed by atoms with Crippen molar-refractivity contribution >= 4 is 17.8 Å². The molecule has 1 aliphatic heterocycles. The smallest absolute Gasteiger partial charge is 0.308 e. The molecule has 0 spiro atoms. The molecule has 0 radical (unpaired) electrons. The molecule has 136 valence electrons. The van der Waals surface area contributed by atoms with Gasteiger partial charge in [0.1, 0.15) is 6.04 Å². The van der Waals surface area contributed by atoms with Crippen LogP contribution in [0.3, 0.4) is 0 Å². The number of carbonyl (C=O) groups excluding carboxylic acids is 2. The maximum Gasteiger partial charge on any atom is 0.308 e. The first kappa shape index (κ1) is 19.0. The lowest BCUT2D eigenvalue weighted by molar-refractivity contribution is -0.142. The Kier molecular flexibility index (Phi) is 6.17. The number of carbonyl (C=O) groups is 3. The zero-order chi connectivity index (χ0) is 18.6. The third kappa shape index (κ3) is 4.81. The second kappa shape index (κ2) is 8.14. The molecule has 1 heterocycles. The van der Waals surface area contributed by atoms with Gasteiger partial charge in [-0.15, -0.1) is 0 Å². The fraction of sp³-hybridized carbons (Fsp3) is 0.526. The molecule has 1 saturated heterocycles. The molecule has 6 nitrogen and oxygen atoms in total. The van der Waals surface area contributed by atoms with Crippen molar-refractivity contribution < 1.29 is 19.5 Å². The Morgan fingerprint density at radius 1 is 1.20 bits per heavy atom. The number of likely N-dealkylation sites (tertiary alicyclic amines) is 1. The van der Waals surface area contributed by atoms with Crippen molar-refractivity contribution in [1.82, 2.24) is 10.2 Å². The number of amides is 2. The van der Waals surface area contributed by atoms with E-state index in [0.29, 0.717) is 6.54 Å². The van der Waals surface area contributed by atoms with Crippen molar-refractivity contribution in [3.8, 4) is 0 Å². The van der Waals surface area contributed by atoms with E-state index in [1.54, 1.807) is 4.90 Å². The molecule has 0 aliphatic carbocycles. The fourth-order valence-corrected chi connectivity index (χ4v) is 3.18. The Bertz CT molecular complexity index is 630. The summed E-state index contributed by atoms with van der Waals surface area (Å²) in [6.45, 7) is 6.20. The molecule has 25 heavy (non-hydrogen) atoms. The highest BCUT2D eigenvalue weighted by molar-refractivity contribution is 5.89. The standard InChI is InChI=1S/C19H26N2O4/c1-12(2)17(20-16(22)9-14-7-5-4-6-8-14)18(23)21-10-13(3)15(11-21)19(24)25/h4-8,12-13,15,17H,9-11H2,1-3H3,(H,20,22)(H,24,25)/t13-,15-,17?/m1/s1. The summed E-state index contributed by atoms with van der Waals surface area (Å²) in [5.41, 5.74) is 0.885. The summed E-state index contributed by atoms with van der Waals surface area (Å²) in [5.74, 6) is -2.00. The zero-order valence-corrected chi connectivity index (χ0v) is 14.9. The van der Waals surface area contributed by atoms with Crippen LogP contribution in [0.4, 0.5) is 0 Å². The van der Waals surface area contributed by atoms with E-state index in [2.05, 4.69) is 5.32 Å². The zero-order valence-electron chi connectivity index (χ0n) is 14.9. The van der Waals surface area contributed by atoms with E-state index in [9.17, 15) is 19.5 Å². The van der Waals surface area contributed by atoms with Gasteiger partial charge in [-0.25, -0.2) is 0 Å². The highest BCUT2D eigenvalue weighted by Crippen LogP contribution is 2.24. The van der Waals surface area contributed by atoms with Crippen LogP contribution in [0.25, 0.3) is 0 Å². The van der Waals surface area contributed by atoms with Crippen LogP contribution in [0, 0.1) is 17.8 Å². The summed E-state index contributed by atoms with van der Waals surface area (Å²) in [5, 5.41) is 12.1. The molecule has 2 N–H and O–H groups in total. The molecule has 0 saturated carbocycles. The number of aliphatic carboxylic acids is 1. The van der Waals surface area contributed by atoms with E-state index in [0.717, 1.165) is 5.56 Å². The maximum absolute atomic E-state index is 12.8. The molecule has 1 aromatic carbocycles. The van der Waals surface area contributed by atoms with Crippen LogP contribution < -0.4 is 5.32 Å². The van der Waals surface area contributed by atoms with Crippen molar-refractivity contribution in [2.45, 2.75) is 33.2 Å². The van der Waals surface area contributed by atoms with Crippen molar-refractivity contribution in [3.05, 3.63) is 35.9 Å². The number of benzene rings is 1. The second-order valence-electron chi connectivity index (χ2n) is 7.12. The molecule has 0 aromatic heterocycles. The summed E-state index contributed by atoms with van der Waals surface area (Å²) in [7, 11) is 0. The average molecular weight is 346 g/mol. The molecule has 2 amide bonds. The minimum Gasteiger partial charge on any atom is -0.481 e. The van der Waals surface area contributed by atoms with Gasteiger partial charge in [0.05, 0.1) is 12.3 Å². The van der Waals surface area contributed by atoms with Gasteiger partial charge in [-0.3, -0.25) is 14.4 Å². The van der Waals surface area contributed by atoms with E-state index >= 15 is 0 Å². The highest BCUT2D eigenvalue weighted by atomic mass is 16.4. The lowest BCUT2D eigenvalue weighted by Crippen LogP contribution is -2.51. The van der Waals surface area contributed by atoms with Gasteiger partial charge in [-0.2, -0.15) is 0 Å². The molecule has 1 fully saturated rings. The summed E-state index contributed by atoms with van der Waals surface area (Å²) in [6, 6.07) is 8.71. The highest BCUT2D eigenvalue weighted by Gasteiger charge is 2.39. The summed E-state index contributed by atoms with van der Waals surface area (Å²) in [6.07, 6.45) is 0.214. The normalized spacial score (nSPS) is 21.2. The number of carboxylic acids is 1. The number of rotatable bonds is 6. The lowest BCUT2D eigenvalue weighted by atomic mass is 9.99. The van der Waals surface area contributed by atoms with Gasteiger partial charge in [0.2, 0.25) is 11.8 Å². The van der Waals surface area contributed by atoms with Crippen LogP contribution in [0.5, 0.6) is 0 Å². The number of hydrogen-bond acceptors (Lipinski definition) is 3. The molecular weight excluding hydrogens is 320 g/mol. The first-order valence-electron chi connectivity index (χ1n) is 8.64. The minimum atomic E-state index is -0.878.